The van der Waals surface area contributed by atoms with Gasteiger partial charge in [0.1, 0.15) is 0 Å². The fourth-order valence-corrected chi connectivity index (χ4v) is 1.18. The summed E-state index contributed by atoms with van der Waals surface area (Å²) in [6.07, 6.45) is 3.98. The highest BCUT2D eigenvalue weighted by atomic mass is 16.5. The number of hydrogen-bond donors (Lipinski definition) is 1. The van der Waals surface area contributed by atoms with E-state index in [0.717, 1.165) is 0 Å². The van der Waals surface area contributed by atoms with Crippen molar-refractivity contribution in [2.45, 2.75) is 25.4 Å². The number of rotatable bonds is 1. The van der Waals surface area contributed by atoms with Gasteiger partial charge >= 0.3 is 5.97 Å². The Morgan fingerprint density at radius 3 is 3.00 bits per heavy atom. The third-order valence-corrected chi connectivity index (χ3v) is 1.73. The first kappa shape index (κ1) is 8.27. The summed E-state index contributed by atoms with van der Waals surface area (Å²) in [6, 6.07) is 0. The van der Waals surface area contributed by atoms with Gasteiger partial charge in [-0.1, -0.05) is 12.2 Å². The van der Waals surface area contributed by atoms with Gasteiger partial charge in [0, 0.05) is 6.42 Å². The standard InChI is InChI=1S/C8H12O3/c1-2-3-8(10)4-5-11-7(9)6-8/h2-3,10H,4-6H2,1H3/b3-2+/t8-/m1/s1. The Morgan fingerprint density at radius 1 is 1.73 bits per heavy atom. The second-order valence-corrected chi connectivity index (χ2v) is 2.75. The van der Waals surface area contributed by atoms with Crippen LogP contribution in [0, 0.1) is 0 Å². The summed E-state index contributed by atoms with van der Waals surface area (Å²) in [5, 5.41) is 9.65. The van der Waals surface area contributed by atoms with Crippen LogP contribution in [-0.4, -0.2) is 23.3 Å². The first-order valence-electron chi connectivity index (χ1n) is 3.68. The van der Waals surface area contributed by atoms with E-state index in [4.69, 9.17) is 0 Å². The lowest BCUT2D eigenvalue weighted by Crippen LogP contribution is -2.36. The molecule has 0 aromatic heterocycles. The highest BCUT2D eigenvalue weighted by molar-refractivity contribution is 5.72. The SMILES string of the molecule is C/C=C/[C@@]1(O)CCOC(=O)C1. The Balaban J connectivity index is 2.62. The molecule has 1 atom stereocenters. The van der Waals surface area contributed by atoms with Crippen molar-refractivity contribution in [3.63, 3.8) is 0 Å². The number of cyclic esters (lactones) is 1. The number of carbonyl (C=O) groups is 1. The van der Waals surface area contributed by atoms with Crippen molar-refractivity contribution in [3.8, 4) is 0 Å². The first-order valence-corrected chi connectivity index (χ1v) is 3.68. The molecule has 0 unspecified atom stereocenters. The Hall–Kier alpha value is -0.830. The molecule has 1 rings (SSSR count). The Bertz CT molecular complexity index is 186. The zero-order chi connectivity index (χ0) is 8.32. The van der Waals surface area contributed by atoms with E-state index in [2.05, 4.69) is 4.74 Å². The molecule has 1 aliphatic heterocycles. The Morgan fingerprint density at radius 2 is 2.45 bits per heavy atom. The third-order valence-electron chi connectivity index (χ3n) is 1.73. The van der Waals surface area contributed by atoms with Gasteiger partial charge in [0.15, 0.2) is 0 Å². The van der Waals surface area contributed by atoms with Crippen LogP contribution in [0.3, 0.4) is 0 Å². The Labute approximate surface area is 65.7 Å². The van der Waals surface area contributed by atoms with Crippen molar-refractivity contribution >= 4 is 5.97 Å². The van der Waals surface area contributed by atoms with Crippen LogP contribution in [0.25, 0.3) is 0 Å². The summed E-state index contributed by atoms with van der Waals surface area (Å²) in [6.45, 7) is 2.14. The van der Waals surface area contributed by atoms with Gasteiger partial charge in [0.05, 0.1) is 18.6 Å². The van der Waals surface area contributed by atoms with Gasteiger partial charge in [-0.2, -0.15) is 0 Å². The summed E-state index contributed by atoms with van der Waals surface area (Å²) in [4.78, 5) is 10.7. The molecule has 0 aliphatic carbocycles. The van der Waals surface area contributed by atoms with Crippen molar-refractivity contribution in [1.29, 1.82) is 0 Å². The molecule has 1 aliphatic rings. The summed E-state index contributed by atoms with van der Waals surface area (Å²) in [7, 11) is 0. The van der Waals surface area contributed by atoms with Gasteiger partial charge in [-0.15, -0.1) is 0 Å². The van der Waals surface area contributed by atoms with Gasteiger partial charge in [0.2, 0.25) is 0 Å². The van der Waals surface area contributed by atoms with Crippen LogP contribution in [0.1, 0.15) is 19.8 Å². The molecule has 0 spiro atoms. The molecule has 0 bridgehead atoms. The van der Waals surface area contributed by atoms with E-state index in [1.165, 1.54) is 0 Å². The van der Waals surface area contributed by atoms with Crippen LogP contribution in [0.15, 0.2) is 12.2 Å². The molecule has 0 aromatic rings. The molecule has 3 nitrogen and oxygen atoms in total. The number of hydrogen-bond acceptors (Lipinski definition) is 3. The normalized spacial score (nSPS) is 32.4. The molecule has 0 saturated carbocycles. The number of aliphatic hydroxyl groups is 1. The minimum Gasteiger partial charge on any atom is -0.465 e. The van der Waals surface area contributed by atoms with Crippen LogP contribution in [0.4, 0.5) is 0 Å². The number of carbonyl (C=O) groups excluding carboxylic acids is 1. The third kappa shape index (κ3) is 2.05. The smallest absolute Gasteiger partial charge is 0.309 e. The van der Waals surface area contributed by atoms with E-state index in [1.807, 2.05) is 6.92 Å². The van der Waals surface area contributed by atoms with Crippen LogP contribution >= 0.6 is 0 Å². The van der Waals surface area contributed by atoms with Gasteiger partial charge in [-0.3, -0.25) is 4.79 Å². The fraction of sp³-hybridized carbons (Fsp3) is 0.625. The molecule has 1 saturated heterocycles. The van der Waals surface area contributed by atoms with E-state index in [9.17, 15) is 9.90 Å². The topological polar surface area (TPSA) is 46.5 Å². The van der Waals surface area contributed by atoms with Crippen LogP contribution in [-0.2, 0) is 9.53 Å². The summed E-state index contributed by atoms with van der Waals surface area (Å²) < 4.78 is 4.69. The van der Waals surface area contributed by atoms with Crippen molar-refractivity contribution in [1.82, 2.24) is 0 Å². The molecule has 1 fully saturated rings. The van der Waals surface area contributed by atoms with Crippen LogP contribution < -0.4 is 0 Å². The maximum atomic E-state index is 10.7. The van der Waals surface area contributed by atoms with Gasteiger partial charge in [-0.05, 0) is 6.92 Å². The largest absolute Gasteiger partial charge is 0.465 e. The lowest BCUT2D eigenvalue weighted by molar-refractivity contribution is -0.155. The second kappa shape index (κ2) is 3.05. The lowest BCUT2D eigenvalue weighted by atomic mass is 9.94. The minimum atomic E-state index is -0.954. The average Bonchev–Trinajstić information content (AvgIpc) is 1.86. The molecule has 1 N–H and O–H groups in total. The van der Waals surface area contributed by atoms with Gasteiger partial charge in [-0.25, -0.2) is 0 Å². The first-order chi connectivity index (χ1) is 5.16. The van der Waals surface area contributed by atoms with Crippen molar-refractivity contribution in [2.75, 3.05) is 6.61 Å². The molecule has 0 aromatic carbocycles. The predicted octanol–water partition coefficient (Wildman–Crippen LogP) is 0.631. The monoisotopic (exact) mass is 156 g/mol. The quantitative estimate of drug-likeness (QED) is 0.447. The van der Waals surface area contributed by atoms with Crippen molar-refractivity contribution < 1.29 is 14.6 Å². The van der Waals surface area contributed by atoms with E-state index < -0.39 is 5.60 Å². The summed E-state index contributed by atoms with van der Waals surface area (Å²) in [5.41, 5.74) is -0.954. The number of allylic oxidation sites excluding steroid dienone is 1. The van der Waals surface area contributed by atoms with Crippen LogP contribution in [0.5, 0.6) is 0 Å². The molecule has 0 radical (unpaired) electrons. The van der Waals surface area contributed by atoms with Gasteiger partial charge < -0.3 is 9.84 Å². The Kier molecular flexibility index (Phi) is 2.29. The predicted molar refractivity (Wildman–Crippen MR) is 40.0 cm³/mol. The average molecular weight is 156 g/mol. The molecular formula is C8H12O3. The number of ether oxygens (including phenoxy) is 1. The minimum absolute atomic E-state index is 0.0807. The van der Waals surface area contributed by atoms with Crippen LogP contribution in [0.2, 0.25) is 0 Å². The molecule has 62 valence electrons. The van der Waals surface area contributed by atoms with E-state index in [0.29, 0.717) is 13.0 Å². The molecule has 3 heteroatoms. The second-order valence-electron chi connectivity index (χ2n) is 2.75. The fourth-order valence-electron chi connectivity index (χ4n) is 1.18. The maximum Gasteiger partial charge on any atom is 0.309 e. The molecule has 1 heterocycles. The zero-order valence-corrected chi connectivity index (χ0v) is 6.54. The highest BCUT2D eigenvalue weighted by Crippen LogP contribution is 2.22. The lowest BCUT2D eigenvalue weighted by Gasteiger charge is -2.27. The summed E-state index contributed by atoms with van der Waals surface area (Å²) in [5.74, 6) is -0.322. The molecular weight excluding hydrogens is 144 g/mol. The van der Waals surface area contributed by atoms with E-state index >= 15 is 0 Å². The zero-order valence-electron chi connectivity index (χ0n) is 6.54. The molecule has 0 amide bonds. The maximum absolute atomic E-state index is 10.7. The van der Waals surface area contributed by atoms with Crippen molar-refractivity contribution in [3.05, 3.63) is 12.2 Å². The highest BCUT2D eigenvalue weighted by Gasteiger charge is 2.31. The number of esters is 1. The van der Waals surface area contributed by atoms with Crippen molar-refractivity contribution in [2.24, 2.45) is 0 Å². The van der Waals surface area contributed by atoms with E-state index in [1.54, 1.807) is 12.2 Å². The summed E-state index contributed by atoms with van der Waals surface area (Å²) >= 11 is 0. The van der Waals surface area contributed by atoms with Gasteiger partial charge in [0.25, 0.3) is 0 Å². The van der Waals surface area contributed by atoms with E-state index in [-0.39, 0.29) is 12.4 Å². The molecule has 11 heavy (non-hydrogen) atoms.